The number of rotatable bonds is 9. The fraction of sp³-hybridized carbons (Fsp3) is 0. The molecule has 0 spiro atoms. The van der Waals surface area contributed by atoms with Crippen LogP contribution in [0.25, 0.3) is 160 Å². The average Bonchev–Trinajstić information content (AvgIpc) is 1.41. The predicted molar refractivity (Wildman–Crippen MR) is 444 cm³/mol. The van der Waals surface area contributed by atoms with E-state index in [-0.39, 0.29) is 0 Å². The van der Waals surface area contributed by atoms with Gasteiger partial charge in [-0.15, -0.1) is 22.7 Å². The van der Waals surface area contributed by atoms with Crippen molar-refractivity contribution in [2.75, 3.05) is 9.80 Å². The summed E-state index contributed by atoms with van der Waals surface area (Å²) in [5.41, 5.74) is 14.2. The first-order chi connectivity index (χ1) is 50.5. The van der Waals surface area contributed by atoms with Gasteiger partial charge >= 0.3 is 0 Å². The minimum absolute atomic E-state index is 1.12. The molecule has 0 aliphatic carbocycles. The molecule has 21 rings (SSSR count). The number of hydrogen-bond acceptors (Lipinski definition) is 4. The van der Waals surface area contributed by atoms with Crippen LogP contribution in [0.5, 0.6) is 0 Å². The lowest BCUT2D eigenvalue weighted by atomic mass is 9.96. The van der Waals surface area contributed by atoms with Crippen molar-refractivity contribution in [3.05, 3.63) is 376 Å². The van der Waals surface area contributed by atoms with E-state index in [1.165, 1.54) is 166 Å². The van der Waals surface area contributed by atoms with Gasteiger partial charge in [0, 0.05) is 74.2 Å². The van der Waals surface area contributed by atoms with E-state index in [4.69, 9.17) is 0 Å². The van der Waals surface area contributed by atoms with Crippen LogP contribution in [0.2, 0.25) is 0 Å². The van der Waals surface area contributed by atoms with Crippen molar-refractivity contribution in [3.8, 4) is 33.4 Å². The van der Waals surface area contributed by atoms with E-state index in [1.807, 2.05) is 22.7 Å². The topological polar surface area (TPSA) is 6.48 Å². The smallest absolute Gasteiger partial charge is 0.0546 e. The molecule has 0 fully saturated rings. The summed E-state index contributed by atoms with van der Waals surface area (Å²) in [4.78, 5) is 4.86. The van der Waals surface area contributed by atoms with E-state index in [2.05, 4.69) is 386 Å². The molecule has 0 saturated heterocycles. The second kappa shape index (κ2) is 24.6. The Morgan fingerprint density at radius 1 is 0.167 bits per heavy atom. The minimum Gasteiger partial charge on any atom is -0.310 e. The van der Waals surface area contributed by atoms with Crippen LogP contribution in [0.4, 0.5) is 34.1 Å². The molecule has 2 heterocycles. The highest BCUT2D eigenvalue weighted by atomic mass is 32.1. The number of anilines is 6. The zero-order chi connectivity index (χ0) is 67.2. The van der Waals surface area contributed by atoms with Gasteiger partial charge in [-0.1, -0.05) is 297 Å². The van der Waals surface area contributed by atoms with E-state index in [9.17, 15) is 0 Å². The minimum atomic E-state index is 1.12. The molecular weight excluding hydrogens is 1270 g/mol. The number of thiophene rings is 2. The molecule has 0 atom stereocenters. The van der Waals surface area contributed by atoms with Crippen molar-refractivity contribution in [2.45, 2.75) is 0 Å². The first-order valence-corrected chi connectivity index (χ1v) is 36.6. The van der Waals surface area contributed by atoms with Gasteiger partial charge in [-0.25, -0.2) is 0 Å². The molecule has 0 radical (unpaired) electrons. The van der Waals surface area contributed by atoms with Gasteiger partial charge < -0.3 is 9.80 Å². The second-order valence-corrected chi connectivity index (χ2v) is 28.7. The Morgan fingerprint density at radius 3 is 1.04 bits per heavy atom. The van der Waals surface area contributed by atoms with Gasteiger partial charge in [-0.2, -0.15) is 0 Å². The summed E-state index contributed by atoms with van der Waals surface area (Å²) < 4.78 is 5.31. The van der Waals surface area contributed by atoms with Gasteiger partial charge in [-0.05, 0) is 193 Å². The maximum Gasteiger partial charge on any atom is 0.0546 e. The highest BCUT2D eigenvalue weighted by Gasteiger charge is 2.22. The second-order valence-electron chi connectivity index (χ2n) is 26.6. The van der Waals surface area contributed by atoms with Gasteiger partial charge in [0.25, 0.3) is 0 Å². The van der Waals surface area contributed by atoms with E-state index in [1.54, 1.807) is 0 Å². The van der Waals surface area contributed by atoms with Crippen LogP contribution in [0, 0.1) is 0 Å². The third kappa shape index (κ3) is 10.2. The first-order valence-electron chi connectivity index (χ1n) is 34.9. The van der Waals surface area contributed by atoms with Gasteiger partial charge in [0.2, 0.25) is 0 Å². The Hall–Kier alpha value is -12.7. The number of fused-ring (bicyclic) bond motifs is 18. The first kappa shape index (κ1) is 59.4. The number of hydrogen-bond donors (Lipinski definition) is 0. The van der Waals surface area contributed by atoms with Crippen LogP contribution in [0.15, 0.2) is 376 Å². The maximum absolute atomic E-state index is 2.45. The Kier molecular flexibility index (Phi) is 14.3. The normalized spacial score (nSPS) is 11.7. The molecule has 0 N–H and O–H groups in total. The van der Waals surface area contributed by atoms with Crippen LogP contribution in [-0.2, 0) is 0 Å². The van der Waals surface area contributed by atoms with Crippen molar-refractivity contribution in [1.29, 1.82) is 0 Å². The molecular formula is C98H62N2S2. The summed E-state index contributed by atoms with van der Waals surface area (Å²) in [5, 5.41) is 25.5. The summed E-state index contributed by atoms with van der Waals surface area (Å²) in [6.45, 7) is 0. The van der Waals surface area contributed by atoms with Crippen molar-refractivity contribution in [2.24, 2.45) is 0 Å². The molecule has 19 aromatic carbocycles. The molecule has 2 aromatic heterocycles. The summed E-state index contributed by atoms with van der Waals surface area (Å²) in [6.07, 6.45) is 0. The van der Waals surface area contributed by atoms with Gasteiger partial charge in [0.15, 0.2) is 0 Å². The SMILES string of the molecule is c1ccc2c(-c3ccc(-c4ccc(N(c5ccc6sc7c8ccccc8ccc7c6c5)c5cc6ccccc6c6ccccc56)cc4)cc3)cccc2c1.c1ccc2c(-c3ccc(N(c4ccc5c(ccc6ccccc65)c4)c4ccc5sc6c7ccccc7ccc6c5c4)cc3)cccc2c1. The monoisotopic (exact) mass is 1330 g/mol. The summed E-state index contributed by atoms with van der Waals surface area (Å²) in [5.74, 6) is 0. The van der Waals surface area contributed by atoms with Crippen molar-refractivity contribution >= 4 is 183 Å². The molecule has 0 bridgehead atoms. The largest absolute Gasteiger partial charge is 0.310 e. The average molecular weight is 1330 g/mol. The standard InChI is InChI=1S/C52H33NS.C46H29NS/c1-4-14-42-36(10-1)13-9-19-43(42)38-22-20-34(21-23-38)35-24-27-40(28-25-35)53(50-32-39-12-3-5-15-44(39)46-17-7-8-18-47(46)50)41-29-31-51-49(33-41)48-30-26-37-11-2-6-16-45(37)52(48)54-51;1-4-12-38-30(8-1)11-7-15-40(38)33-18-21-35(22-19-33)47(36-23-26-41-34(28-36)17-16-31-9-2-5-13-39(31)41)37-24-27-45-44(29-37)43-25-20-32-10-3-6-14-42(32)46(43)48-45/h1-33H;1-29H. The van der Waals surface area contributed by atoms with E-state index < -0.39 is 0 Å². The molecule has 0 aliphatic heterocycles. The van der Waals surface area contributed by atoms with Crippen LogP contribution in [-0.4, -0.2) is 0 Å². The third-order valence-electron chi connectivity index (χ3n) is 20.9. The molecule has 0 unspecified atom stereocenters. The van der Waals surface area contributed by atoms with Crippen LogP contribution in [0.1, 0.15) is 0 Å². The number of nitrogens with zero attached hydrogens (tertiary/aromatic N) is 2. The molecule has 0 aliphatic rings. The molecule has 21 aromatic rings. The van der Waals surface area contributed by atoms with E-state index in [0.717, 1.165) is 28.4 Å². The molecule has 476 valence electrons. The van der Waals surface area contributed by atoms with E-state index >= 15 is 0 Å². The Bertz CT molecular complexity index is 6870. The zero-order valence-corrected chi connectivity index (χ0v) is 57.1. The van der Waals surface area contributed by atoms with Gasteiger partial charge in [-0.3, -0.25) is 0 Å². The molecule has 102 heavy (non-hydrogen) atoms. The number of benzene rings is 19. The quantitative estimate of drug-likeness (QED) is 0.133. The Labute approximate surface area is 598 Å². The predicted octanol–water partition coefficient (Wildman–Crippen LogP) is 29.3. The van der Waals surface area contributed by atoms with Crippen LogP contribution < -0.4 is 9.80 Å². The maximum atomic E-state index is 2.45. The van der Waals surface area contributed by atoms with Gasteiger partial charge in [0.05, 0.1) is 5.69 Å². The highest BCUT2D eigenvalue weighted by molar-refractivity contribution is 7.27. The summed E-state index contributed by atoms with van der Waals surface area (Å²) in [6, 6.07) is 138. The highest BCUT2D eigenvalue weighted by Crippen LogP contribution is 2.48. The van der Waals surface area contributed by atoms with Gasteiger partial charge in [0.1, 0.15) is 0 Å². The lowest BCUT2D eigenvalue weighted by Crippen LogP contribution is -2.10. The zero-order valence-electron chi connectivity index (χ0n) is 55.5. The molecule has 4 heteroatoms. The lowest BCUT2D eigenvalue weighted by molar-refractivity contribution is 1.30. The lowest BCUT2D eigenvalue weighted by Gasteiger charge is -2.28. The molecule has 0 amide bonds. The Morgan fingerprint density at radius 2 is 0.490 bits per heavy atom. The summed E-state index contributed by atoms with van der Waals surface area (Å²) in [7, 11) is 0. The Balaban J connectivity index is 0.000000138. The third-order valence-corrected chi connectivity index (χ3v) is 23.3. The van der Waals surface area contributed by atoms with Crippen molar-refractivity contribution < 1.29 is 0 Å². The molecule has 0 saturated carbocycles. The van der Waals surface area contributed by atoms with Crippen LogP contribution >= 0.6 is 22.7 Å². The van der Waals surface area contributed by atoms with Crippen molar-refractivity contribution in [3.63, 3.8) is 0 Å². The molecule has 2 nitrogen and oxygen atoms in total. The fourth-order valence-corrected chi connectivity index (χ4v) is 18.3. The summed E-state index contributed by atoms with van der Waals surface area (Å²) >= 11 is 3.78. The van der Waals surface area contributed by atoms with Crippen molar-refractivity contribution in [1.82, 2.24) is 0 Å². The van der Waals surface area contributed by atoms with E-state index in [0.29, 0.717) is 0 Å². The van der Waals surface area contributed by atoms with Crippen LogP contribution in [0.3, 0.4) is 0 Å². The fourth-order valence-electron chi connectivity index (χ4n) is 15.9.